The summed E-state index contributed by atoms with van der Waals surface area (Å²) in [5, 5.41) is 1.04. The Balaban J connectivity index is 2.99. The average Bonchev–Trinajstić information content (AvgIpc) is 2.61. The van der Waals surface area contributed by atoms with E-state index in [0.717, 1.165) is 23.5 Å². The van der Waals surface area contributed by atoms with Crippen molar-refractivity contribution in [3.8, 4) is 0 Å². The lowest BCUT2D eigenvalue weighted by Gasteiger charge is -2.06. The molecule has 0 spiro atoms. The summed E-state index contributed by atoms with van der Waals surface area (Å²) >= 11 is 1.45. The van der Waals surface area contributed by atoms with Crippen molar-refractivity contribution in [2.24, 2.45) is 5.84 Å². The molecule has 0 aromatic carbocycles. The molecule has 1 aromatic rings. The number of rotatable bonds is 4. The van der Waals surface area contributed by atoms with E-state index in [4.69, 9.17) is 5.84 Å². The number of carbonyl (C=O) groups excluding carboxylic acids is 1. The number of thiazole rings is 1. The van der Waals surface area contributed by atoms with E-state index in [-0.39, 0.29) is 5.91 Å². The van der Waals surface area contributed by atoms with Crippen molar-refractivity contribution in [1.29, 1.82) is 0 Å². The lowest BCUT2D eigenvalue weighted by atomic mass is 10.1. The Kier molecular flexibility index (Phi) is 4.23. The molecule has 0 unspecified atom stereocenters. The average molecular weight is 227 g/mol. The third-order valence-electron chi connectivity index (χ3n) is 2.49. The Hall–Kier alpha value is -0.940. The number of hydrazine groups is 1. The molecule has 1 rings (SSSR count). The Morgan fingerprint density at radius 3 is 2.60 bits per heavy atom. The molecule has 1 aromatic heterocycles. The summed E-state index contributed by atoms with van der Waals surface area (Å²) in [6, 6.07) is 0. The van der Waals surface area contributed by atoms with Crippen molar-refractivity contribution in [2.75, 3.05) is 0 Å². The van der Waals surface area contributed by atoms with Gasteiger partial charge in [-0.15, -0.1) is 11.3 Å². The Morgan fingerprint density at radius 2 is 2.13 bits per heavy atom. The van der Waals surface area contributed by atoms with Gasteiger partial charge in [0.05, 0.1) is 10.7 Å². The number of aryl methyl sites for hydroxylation is 1. The lowest BCUT2D eigenvalue weighted by molar-refractivity contribution is 0.0957. The van der Waals surface area contributed by atoms with E-state index in [1.807, 2.05) is 6.92 Å². The Morgan fingerprint density at radius 1 is 1.53 bits per heavy atom. The summed E-state index contributed by atoms with van der Waals surface area (Å²) < 4.78 is 0. The maximum Gasteiger partial charge on any atom is 0.277 e. The summed E-state index contributed by atoms with van der Waals surface area (Å²) in [7, 11) is 0. The fourth-order valence-electron chi connectivity index (χ4n) is 1.51. The van der Waals surface area contributed by atoms with Gasteiger partial charge in [-0.1, -0.05) is 13.8 Å². The Labute approximate surface area is 93.9 Å². The van der Waals surface area contributed by atoms with Gasteiger partial charge >= 0.3 is 0 Å². The minimum Gasteiger partial charge on any atom is -0.289 e. The molecule has 5 heteroatoms. The predicted octanol–water partition coefficient (Wildman–Crippen LogP) is 1.96. The van der Waals surface area contributed by atoms with Gasteiger partial charge in [-0.3, -0.25) is 10.2 Å². The third kappa shape index (κ3) is 2.54. The first-order valence-electron chi connectivity index (χ1n) is 5.12. The quantitative estimate of drug-likeness (QED) is 0.469. The van der Waals surface area contributed by atoms with Crippen molar-refractivity contribution in [3.05, 3.63) is 15.6 Å². The molecular formula is C10H17N3OS. The van der Waals surface area contributed by atoms with Crippen LogP contribution in [-0.4, -0.2) is 10.9 Å². The molecule has 15 heavy (non-hydrogen) atoms. The fraction of sp³-hybridized carbons (Fsp3) is 0.600. The summed E-state index contributed by atoms with van der Waals surface area (Å²) in [6.07, 6.45) is 2.10. The van der Waals surface area contributed by atoms with Crippen molar-refractivity contribution >= 4 is 17.2 Å². The number of aromatic nitrogens is 1. The number of carbonyl (C=O) groups is 1. The molecule has 0 radical (unpaired) electrons. The molecule has 1 heterocycles. The van der Waals surface area contributed by atoms with Crippen LogP contribution in [0.2, 0.25) is 0 Å². The van der Waals surface area contributed by atoms with E-state index >= 15 is 0 Å². The number of nitrogens with one attached hydrogen (secondary N) is 1. The third-order valence-corrected chi connectivity index (χ3v) is 3.80. The number of nitrogens with two attached hydrogens (primary N) is 1. The van der Waals surface area contributed by atoms with Gasteiger partial charge in [0, 0.05) is 5.92 Å². The summed E-state index contributed by atoms with van der Waals surface area (Å²) in [4.78, 5) is 16.4. The standard InChI is InChI=1S/C10H17N3OS/c1-4-7(5-2)10-12-6(3)8(15-10)9(14)13-11/h7H,4-5,11H2,1-3H3,(H,13,14). The van der Waals surface area contributed by atoms with Crippen LogP contribution in [0.4, 0.5) is 0 Å². The largest absolute Gasteiger partial charge is 0.289 e. The highest BCUT2D eigenvalue weighted by Crippen LogP contribution is 2.29. The van der Waals surface area contributed by atoms with Crippen LogP contribution in [-0.2, 0) is 0 Å². The topological polar surface area (TPSA) is 68.0 Å². The van der Waals surface area contributed by atoms with Crippen molar-refractivity contribution in [1.82, 2.24) is 10.4 Å². The zero-order valence-electron chi connectivity index (χ0n) is 9.33. The normalized spacial score (nSPS) is 10.7. The second-order valence-electron chi connectivity index (χ2n) is 3.45. The number of hydrogen-bond donors (Lipinski definition) is 2. The van der Waals surface area contributed by atoms with E-state index in [1.54, 1.807) is 0 Å². The molecular weight excluding hydrogens is 210 g/mol. The predicted molar refractivity (Wildman–Crippen MR) is 61.8 cm³/mol. The molecule has 0 bridgehead atoms. The first-order valence-corrected chi connectivity index (χ1v) is 5.93. The highest BCUT2D eigenvalue weighted by Gasteiger charge is 2.18. The van der Waals surface area contributed by atoms with Gasteiger partial charge in [0.2, 0.25) is 0 Å². The van der Waals surface area contributed by atoms with Crippen molar-refractivity contribution in [3.63, 3.8) is 0 Å². The molecule has 3 N–H and O–H groups in total. The second-order valence-corrected chi connectivity index (χ2v) is 4.48. The molecule has 0 aliphatic carbocycles. The molecule has 4 nitrogen and oxygen atoms in total. The van der Waals surface area contributed by atoms with Crippen molar-refractivity contribution < 1.29 is 4.79 Å². The van der Waals surface area contributed by atoms with Gasteiger partial charge in [-0.2, -0.15) is 0 Å². The first-order chi connectivity index (χ1) is 7.13. The molecule has 84 valence electrons. The monoisotopic (exact) mass is 227 g/mol. The van der Waals surface area contributed by atoms with Gasteiger partial charge < -0.3 is 0 Å². The highest BCUT2D eigenvalue weighted by atomic mass is 32.1. The second kappa shape index (κ2) is 5.23. The minimum atomic E-state index is -0.248. The van der Waals surface area contributed by atoms with Gasteiger partial charge in [0.1, 0.15) is 4.88 Å². The molecule has 0 saturated heterocycles. The molecule has 0 fully saturated rings. The van der Waals surface area contributed by atoms with Crippen LogP contribution in [0.3, 0.4) is 0 Å². The summed E-state index contributed by atoms with van der Waals surface area (Å²) in [5.41, 5.74) is 2.91. The van der Waals surface area contributed by atoms with Crippen LogP contribution in [0.15, 0.2) is 0 Å². The summed E-state index contributed by atoms with van der Waals surface area (Å²) in [6.45, 7) is 6.11. The first kappa shape index (κ1) is 12.1. The van der Waals surface area contributed by atoms with Crippen LogP contribution < -0.4 is 11.3 Å². The van der Waals surface area contributed by atoms with Crippen LogP contribution in [0.25, 0.3) is 0 Å². The van der Waals surface area contributed by atoms with Crippen LogP contribution in [0, 0.1) is 6.92 Å². The van der Waals surface area contributed by atoms with Crippen LogP contribution in [0.1, 0.15) is 53.0 Å². The number of amides is 1. The van der Waals surface area contributed by atoms with E-state index in [9.17, 15) is 4.79 Å². The summed E-state index contributed by atoms with van der Waals surface area (Å²) in [5.74, 6) is 5.31. The van der Waals surface area contributed by atoms with E-state index in [2.05, 4.69) is 24.3 Å². The molecule has 0 aliphatic rings. The molecule has 1 amide bonds. The molecule has 0 saturated carbocycles. The van der Waals surface area contributed by atoms with E-state index < -0.39 is 0 Å². The van der Waals surface area contributed by atoms with E-state index in [1.165, 1.54) is 11.3 Å². The van der Waals surface area contributed by atoms with Gasteiger partial charge in [0.25, 0.3) is 5.91 Å². The maximum atomic E-state index is 11.4. The number of hydrogen-bond acceptors (Lipinski definition) is 4. The van der Waals surface area contributed by atoms with E-state index in [0.29, 0.717) is 10.8 Å². The van der Waals surface area contributed by atoms with Gasteiger partial charge in [-0.05, 0) is 19.8 Å². The smallest absolute Gasteiger partial charge is 0.277 e. The number of nitrogen functional groups attached to an aromatic ring is 1. The molecule has 0 atom stereocenters. The van der Waals surface area contributed by atoms with Crippen LogP contribution in [0.5, 0.6) is 0 Å². The Bertz CT molecular complexity index is 344. The maximum absolute atomic E-state index is 11.4. The number of nitrogens with zero attached hydrogens (tertiary/aromatic N) is 1. The van der Waals surface area contributed by atoms with Crippen LogP contribution >= 0.6 is 11.3 Å². The fourth-order valence-corrected chi connectivity index (χ4v) is 2.74. The SMILES string of the molecule is CCC(CC)c1nc(C)c(C(=O)NN)s1. The lowest BCUT2D eigenvalue weighted by Crippen LogP contribution is -2.29. The highest BCUT2D eigenvalue weighted by molar-refractivity contribution is 7.13. The minimum absolute atomic E-state index is 0.248. The zero-order chi connectivity index (χ0) is 11.4. The van der Waals surface area contributed by atoms with Crippen molar-refractivity contribution in [2.45, 2.75) is 39.5 Å². The van der Waals surface area contributed by atoms with Gasteiger partial charge in [-0.25, -0.2) is 10.8 Å². The van der Waals surface area contributed by atoms with Gasteiger partial charge in [0.15, 0.2) is 0 Å². The molecule has 0 aliphatic heterocycles. The zero-order valence-corrected chi connectivity index (χ0v) is 10.1.